The maximum atomic E-state index is 4.80. The van der Waals surface area contributed by atoms with Gasteiger partial charge in [-0.05, 0) is 53.1 Å². The van der Waals surface area contributed by atoms with Crippen LogP contribution in [-0.4, -0.2) is 15.2 Å². The van der Waals surface area contributed by atoms with E-state index in [1.54, 1.807) is 6.20 Å². The molecule has 1 atom stereocenters. The molecule has 0 N–H and O–H groups in total. The lowest BCUT2D eigenvalue weighted by atomic mass is 9.89. The minimum Gasteiger partial charge on any atom is -0.256 e. The number of aromatic nitrogens is 3. The Morgan fingerprint density at radius 2 is 1.40 bits per heavy atom. The predicted molar refractivity (Wildman–Crippen MR) is 123 cm³/mol. The normalized spacial score (nSPS) is 12.1. The van der Waals surface area contributed by atoms with Crippen LogP contribution in [0.3, 0.4) is 0 Å². The second-order valence-electron chi connectivity index (χ2n) is 8.09. The standard InChI is InChI=1S/C27H27N3/c1-19(2)22-9-4-6-11-24(22)26-15-14-21(18-28-26)17-20(3)23-10-5-7-12-25(23)27-13-8-16-29-30-27/h4-16,18-20H,17H2,1-3H3. The first-order valence-corrected chi connectivity index (χ1v) is 10.5. The van der Waals surface area contributed by atoms with Gasteiger partial charge in [-0.25, -0.2) is 0 Å². The number of hydrogen-bond donors (Lipinski definition) is 0. The van der Waals surface area contributed by atoms with E-state index in [0.717, 1.165) is 23.4 Å². The van der Waals surface area contributed by atoms with Crippen LogP contribution < -0.4 is 0 Å². The summed E-state index contributed by atoms with van der Waals surface area (Å²) < 4.78 is 0. The van der Waals surface area contributed by atoms with Crippen molar-refractivity contribution in [1.29, 1.82) is 0 Å². The molecule has 0 amide bonds. The molecule has 0 aliphatic carbocycles. The average Bonchev–Trinajstić information content (AvgIpc) is 2.80. The summed E-state index contributed by atoms with van der Waals surface area (Å²) in [6.45, 7) is 6.71. The molecule has 30 heavy (non-hydrogen) atoms. The fraction of sp³-hybridized carbons (Fsp3) is 0.222. The highest BCUT2D eigenvalue weighted by Crippen LogP contribution is 2.31. The quantitative estimate of drug-likeness (QED) is 0.367. The van der Waals surface area contributed by atoms with Gasteiger partial charge in [0.15, 0.2) is 0 Å². The summed E-state index contributed by atoms with van der Waals surface area (Å²) in [6.07, 6.45) is 4.66. The summed E-state index contributed by atoms with van der Waals surface area (Å²) in [5.41, 5.74) is 8.18. The Labute approximate surface area is 178 Å². The molecular weight excluding hydrogens is 366 g/mol. The lowest BCUT2D eigenvalue weighted by Gasteiger charge is -2.17. The van der Waals surface area contributed by atoms with Crippen LogP contribution in [-0.2, 0) is 6.42 Å². The van der Waals surface area contributed by atoms with Gasteiger partial charge in [0.2, 0.25) is 0 Å². The van der Waals surface area contributed by atoms with Crippen molar-refractivity contribution >= 4 is 0 Å². The third-order valence-corrected chi connectivity index (χ3v) is 5.57. The van der Waals surface area contributed by atoms with Crippen LogP contribution in [0, 0.1) is 0 Å². The number of hydrogen-bond acceptors (Lipinski definition) is 3. The van der Waals surface area contributed by atoms with Gasteiger partial charge < -0.3 is 0 Å². The predicted octanol–water partition coefficient (Wildman–Crippen LogP) is 6.68. The second kappa shape index (κ2) is 9.00. The van der Waals surface area contributed by atoms with Crippen molar-refractivity contribution in [2.45, 2.75) is 39.0 Å². The Morgan fingerprint density at radius 3 is 2.03 bits per heavy atom. The van der Waals surface area contributed by atoms with Crippen molar-refractivity contribution in [3.8, 4) is 22.5 Å². The number of benzene rings is 2. The van der Waals surface area contributed by atoms with Crippen molar-refractivity contribution < 1.29 is 0 Å². The molecule has 0 aliphatic rings. The SMILES string of the molecule is CC(C)c1ccccc1-c1ccc(CC(C)c2ccccc2-c2cccnn2)cn1. The third-order valence-electron chi connectivity index (χ3n) is 5.57. The summed E-state index contributed by atoms with van der Waals surface area (Å²) in [5.74, 6) is 0.819. The third kappa shape index (κ3) is 4.30. The number of nitrogens with zero attached hydrogens (tertiary/aromatic N) is 3. The van der Waals surface area contributed by atoms with Crippen molar-refractivity contribution in [2.75, 3.05) is 0 Å². The van der Waals surface area contributed by atoms with Crippen LogP contribution >= 0.6 is 0 Å². The van der Waals surface area contributed by atoms with Gasteiger partial charge in [0.05, 0.1) is 11.4 Å². The van der Waals surface area contributed by atoms with Gasteiger partial charge in [0.1, 0.15) is 0 Å². The van der Waals surface area contributed by atoms with Crippen LogP contribution in [0.25, 0.3) is 22.5 Å². The molecule has 0 saturated carbocycles. The molecule has 0 fully saturated rings. The molecule has 2 aromatic carbocycles. The van der Waals surface area contributed by atoms with E-state index in [2.05, 4.69) is 91.6 Å². The minimum atomic E-state index is 0.346. The lowest BCUT2D eigenvalue weighted by Crippen LogP contribution is -2.02. The van der Waals surface area contributed by atoms with Gasteiger partial charge in [-0.1, -0.05) is 75.4 Å². The topological polar surface area (TPSA) is 38.7 Å². The Morgan fingerprint density at radius 1 is 0.700 bits per heavy atom. The molecule has 2 heterocycles. The Kier molecular flexibility index (Phi) is 5.99. The van der Waals surface area contributed by atoms with Crippen molar-refractivity contribution in [3.05, 3.63) is 102 Å². The van der Waals surface area contributed by atoms with Crippen LogP contribution in [0.4, 0.5) is 0 Å². The van der Waals surface area contributed by atoms with E-state index in [9.17, 15) is 0 Å². The second-order valence-corrected chi connectivity index (χ2v) is 8.09. The molecular formula is C27H27N3. The minimum absolute atomic E-state index is 0.346. The Balaban J connectivity index is 1.57. The maximum Gasteiger partial charge on any atom is 0.0932 e. The molecule has 4 aromatic rings. The van der Waals surface area contributed by atoms with Crippen LogP contribution in [0.15, 0.2) is 85.2 Å². The van der Waals surface area contributed by atoms with E-state index in [1.165, 1.54) is 22.3 Å². The molecule has 4 rings (SSSR count). The first-order valence-electron chi connectivity index (χ1n) is 10.5. The summed E-state index contributed by atoms with van der Waals surface area (Å²) in [4.78, 5) is 4.80. The van der Waals surface area contributed by atoms with Gasteiger partial charge in [-0.15, -0.1) is 0 Å². The van der Waals surface area contributed by atoms with Gasteiger partial charge in [0.25, 0.3) is 0 Å². The summed E-state index contributed by atoms with van der Waals surface area (Å²) >= 11 is 0. The van der Waals surface area contributed by atoms with Gasteiger partial charge >= 0.3 is 0 Å². The van der Waals surface area contributed by atoms with E-state index in [-0.39, 0.29) is 0 Å². The summed E-state index contributed by atoms with van der Waals surface area (Å²) in [6, 6.07) is 25.3. The average molecular weight is 394 g/mol. The summed E-state index contributed by atoms with van der Waals surface area (Å²) in [5, 5.41) is 8.35. The fourth-order valence-corrected chi connectivity index (χ4v) is 4.01. The molecule has 2 aromatic heterocycles. The maximum absolute atomic E-state index is 4.80. The molecule has 3 heteroatoms. The molecule has 0 spiro atoms. The zero-order chi connectivity index (χ0) is 20.9. The van der Waals surface area contributed by atoms with Crippen LogP contribution in [0.5, 0.6) is 0 Å². The molecule has 150 valence electrons. The molecule has 0 radical (unpaired) electrons. The molecule has 3 nitrogen and oxygen atoms in total. The highest BCUT2D eigenvalue weighted by molar-refractivity contribution is 5.65. The zero-order valence-electron chi connectivity index (χ0n) is 17.8. The smallest absolute Gasteiger partial charge is 0.0932 e. The Hall–Kier alpha value is -3.33. The van der Waals surface area contributed by atoms with E-state index >= 15 is 0 Å². The number of rotatable bonds is 6. The summed E-state index contributed by atoms with van der Waals surface area (Å²) in [7, 11) is 0. The fourth-order valence-electron chi connectivity index (χ4n) is 4.01. The van der Waals surface area contributed by atoms with Crippen molar-refractivity contribution in [3.63, 3.8) is 0 Å². The van der Waals surface area contributed by atoms with Crippen molar-refractivity contribution in [2.24, 2.45) is 0 Å². The highest BCUT2D eigenvalue weighted by atomic mass is 15.1. The highest BCUT2D eigenvalue weighted by Gasteiger charge is 2.14. The van der Waals surface area contributed by atoms with E-state index in [4.69, 9.17) is 4.98 Å². The lowest BCUT2D eigenvalue weighted by molar-refractivity contribution is 0.757. The monoisotopic (exact) mass is 393 g/mol. The van der Waals surface area contributed by atoms with Crippen LogP contribution in [0.1, 0.15) is 49.3 Å². The van der Waals surface area contributed by atoms with Gasteiger partial charge in [0, 0.05) is 23.5 Å². The van der Waals surface area contributed by atoms with Gasteiger partial charge in [-0.2, -0.15) is 10.2 Å². The van der Waals surface area contributed by atoms with E-state index < -0.39 is 0 Å². The Bertz CT molecular complexity index is 1100. The zero-order valence-corrected chi connectivity index (χ0v) is 17.8. The molecule has 1 unspecified atom stereocenters. The van der Waals surface area contributed by atoms with E-state index in [0.29, 0.717) is 11.8 Å². The number of pyridine rings is 1. The molecule has 0 saturated heterocycles. The first kappa shape index (κ1) is 20.0. The molecule has 0 bridgehead atoms. The van der Waals surface area contributed by atoms with Crippen LogP contribution in [0.2, 0.25) is 0 Å². The van der Waals surface area contributed by atoms with E-state index in [1.807, 2.05) is 18.3 Å². The molecule has 0 aliphatic heterocycles. The largest absolute Gasteiger partial charge is 0.256 e. The van der Waals surface area contributed by atoms with Crippen molar-refractivity contribution in [1.82, 2.24) is 15.2 Å². The van der Waals surface area contributed by atoms with Gasteiger partial charge in [-0.3, -0.25) is 4.98 Å². The first-order chi connectivity index (χ1) is 14.6.